The highest BCUT2D eigenvalue weighted by atomic mass is 16.5. The van der Waals surface area contributed by atoms with Crippen molar-refractivity contribution in [2.24, 2.45) is 0 Å². The summed E-state index contributed by atoms with van der Waals surface area (Å²) in [6, 6.07) is 8.90. The van der Waals surface area contributed by atoms with Gasteiger partial charge in [-0.1, -0.05) is 31.2 Å². The van der Waals surface area contributed by atoms with Crippen LogP contribution in [0.5, 0.6) is 0 Å². The predicted molar refractivity (Wildman–Crippen MR) is 83.7 cm³/mol. The van der Waals surface area contributed by atoms with Crippen LogP contribution in [0.4, 0.5) is 0 Å². The fourth-order valence-electron chi connectivity index (χ4n) is 3.07. The van der Waals surface area contributed by atoms with Gasteiger partial charge in [-0.25, -0.2) is 0 Å². The summed E-state index contributed by atoms with van der Waals surface area (Å²) in [6.45, 7) is 13.6. The van der Waals surface area contributed by atoms with Crippen LogP contribution in [0.25, 0.3) is 0 Å². The molecule has 1 atom stereocenters. The van der Waals surface area contributed by atoms with Gasteiger partial charge in [-0.2, -0.15) is 0 Å². The van der Waals surface area contributed by atoms with Gasteiger partial charge in [0.05, 0.1) is 11.7 Å². The molecule has 1 unspecified atom stereocenters. The normalized spacial score (nSPS) is 22.9. The first-order chi connectivity index (χ1) is 9.48. The van der Waals surface area contributed by atoms with Gasteiger partial charge >= 0.3 is 0 Å². The maximum absolute atomic E-state index is 5.97. The maximum Gasteiger partial charge on any atom is 0.0757 e. The summed E-state index contributed by atoms with van der Waals surface area (Å²) in [4.78, 5) is 2.50. The molecule has 0 radical (unpaired) electrons. The van der Waals surface area contributed by atoms with Gasteiger partial charge in [-0.15, -0.1) is 0 Å². The zero-order valence-corrected chi connectivity index (χ0v) is 13.3. The Labute approximate surface area is 123 Å². The van der Waals surface area contributed by atoms with Crippen molar-refractivity contribution in [3.63, 3.8) is 0 Å². The Balaban J connectivity index is 1.98. The first-order valence-electron chi connectivity index (χ1n) is 7.67. The number of rotatable bonds is 5. The minimum atomic E-state index is -0.0426. The zero-order chi connectivity index (χ0) is 14.6. The van der Waals surface area contributed by atoms with Gasteiger partial charge in [-0.3, -0.25) is 4.90 Å². The van der Waals surface area contributed by atoms with Crippen molar-refractivity contribution < 1.29 is 4.74 Å². The average molecular weight is 276 g/mol. The summed E-state index contributed by atoms with van der Waals surface area (Å²) in [5.41, 5.74) is 2.72. The molecular weight excluding hydrogens is 248 g/mol. The Bertz CT molecular complexity index is 431. The standard InChI is InChI=1S/C17H28N2O/c1-5-18-10-15-7-6-8-16(9-15)12-19-11-14(2)20-17(3,4)13-19/h6-9,14,18H,5,10-13H2,1-4H3. The predicted octanol–water partition coefficient (Wildman–Crippen LogP) is 2.80. The number of morpholine rings is 1. The van der Waals surface area contributed by atoms with E-state index < -0.39 is 0 Å². The first kappa shape index (κ1) is 15.5. The van der Waals surface area contributed by atoms with Crippen LogP contribution in [0.15, 0.2) is 24.3 Å². The van der Waals surface area contributed by atoms with E-state index in [-0.39, 0.29) is 5.60 Å². The molecule has 1 saturated heterocycles. The van der Waals surface area contributed by atoms with Crippen molar-refractivity contribution in [1.82, 2.24) is 10.2 Å². The van der Waals surface area contributed by atoms with E-state index in [1.807, 2.05) is 0 Å². The lowest BCUT2D eigenvalue weighted by Crippen LogP contribution is -2.51. The Morgan fingerprint density at radius 1 is 1.35 bits per heavy atom. The Hall–Kier alpha value is -0.900. The Morgan fingerprint density at radius 2 is 2.10 bits per heavy atom. The second-order valence-corrected chi connectivity index (χ2v) is 6.46. The van der Waals surface area contributed by atoms with Gasteiger partial charge in [0, 0.05) is 26.2 Å². The van der Waals surface area contributed by atoms with Crippen LogP contribution >= 0.6 is 0 Å². The van der Waals surface area contributed by atoms with Crippen molar-refractivity contribution in [3.05, 3.63) is 35.4 Å². The van der Waals surface area contributed by atoms with Crippen molar-refractivity contribution in [1.29, 1.82) is 0 Å². The van der Waals surface area contributed by atoms with E-state index in [2.05, 4.69) is 62.2 Å². The average Bonchev–Trinajstić information content (AvgIpc) is 2.34. The fourth-order valence-corrected chi connectivity index (χ4v) is 3.07. The van der Waals surface area contributed by atoms with Crippen molar-refractivity contribution in [3.8, 4) is 0 Å². The largest absolute Gasteiger partial charge is 0.370 e. The van der Waals surface area contributed by atoms with E-state index in [0.29, 0.717) is 6.10 Å². The number of benzene rings is 1. The van der Waals surface area contributed by atoms with Gasteiger partial charge < -0.3 is 10.1 Å². The Morgan fingerprint density at radius 3 is 2.80 bits per heavy atom. The van der Waals surface area contributed by atoms with Crippen molar-refractivity contribution in [2.75, 3.05) is 19.6 Å². The fraction of sp³-hybridized carbons (Fsp3) is 0.647. The third kappa shape index (κ3) is 4.58. The highest BCUT2D eigenvalue weighted by molar-refractivity contribution is 5.23. The molecule has 1 N–H and O–H groups in total. The maximum atomic E-state index is 5.97. The molecule has 112 valence electrons. The van der Waals surface area contributed by atoms with Crippen LogP contribution in [0.2, 0.25) is 0 Å². The highest BCUT2D eigenvalue weighted by Crippen LogP contribution is 2.22. The number of nitrogens with one attached hydrogen (secondary N) is 1. The molecule has 1 aliphatic rings. The summed E-state index contributed by atoms with van der Waals surface area (Å²) >= 11 is 0. The highest BCUT2D eigenvalue weighted by Gasteiger charge is 2.31. The van der Waals surface area contributed by atoms with E-state index in [1.54, 1.807) is 0 Å². The Kier molecular flexibility index (Phi) is 5.19. The smallest absolute Gasteiger partial charge is 0.0757 e. The molecular formula is C17H28N2O. The van der Waals surface area contributed by atoms with Crippen LogP contribution in [0.1, 0.15) is 38.8 Å². The van der Waals surface area contributed by atoms with Crippen LogP contribution in [0.3, 0.4) is 0 Å². The van der Waals surface area contributed by atoms with Gasteiger partial charge in [0.25, 0.3) is 0 Å². The molecule has 0 aliphatic carbocycles. The SMILES string of the molecule is CCNCc1cccc(CN2CC(C)OC(C)(C)C2)c1. The third-order valence-electron chi connectivity index (χ3n) is 3.62. The number of hydrogen-bond acceptors (Lipinski definition) is 3. The van der Waals surface area contributed by atoms with Gasteiger partial charge in [-0.05, 0) is 38.4 Å². The van der Waals surface area contributed by atoms with E-state index in [0.717, 1.165) is 32.7 Å². The summed E-state index contributed by atoms with van der Waals surface area (Å²) in [7, 11) is 0. The molecule has 3 nitrogen and oxygen atoms in total. The molecule has 1 heterocycles. The summed E-state index contributed by atoms with van der Waals surface area (Å²) in [5, 5.41) is 3.38. The molecule has 20 heavy (non-hydrogen) atoms. The quantitative estimate of drug-likeness (QED) is 0.895. The molecule has 1 aromatic carbocycles. The second-order valence-electron chi connectivity index (χ2n) is 6.46. The molecule has 0 aromatic heterocycles. The zero-order valence-electron chi connectivity index (χ0n) is 13.3. The van der Waals surface area contributed by atoms with Crippen molar-refractivity contribution in [2.45, 2.75) is 52.5 Å². The number of hydrogen-bond donors (Lipinski definition) is 1. The number of ether oxygens (including phenoxy) is 1. The van der Waals surface area contributed by atoms with Gasteiger partial charge in [0.15, 0.2) is 0 Å². The van der Waals surface area contributed by atoms with Crippen LogP contribution < -0.4 is 5.32 Å². The molecule has 0 saturated carbocycles. The topological polar surface area (TPSA) is 24.5 Å². The molecule has 3 heteroatoms. The third-order valence-corrected chi connectivity index (χ3v) is 3.62. The van der Waals surface area contributed by atoms with E-state index in [1.165, 1.54) is 11.1 Å². The molecule has 1 fully saturated rings. The minimum Gasteiger partial charge on any atom is -0.370 e. The molecule has 0 amide bonds. The number of nitrogens with zero attached hydrogens (tertiary/aromatic N) is 1. The second kappa shape index (κ2) is 6.70. The lowest BCUT2D eigenvalue weighted by Gasteiger charge is -2.41. The van der Waals surface area contributed by atoms with Crippen LogP contribution in [-0.4, -0.2) is 36.2 Å². The van der Waals surface area contributed by atoms with Crippen LogP contribution in [0, 0.1) is 0 Å². The summed E-state index contributed by atoms with van der Waals surface area (Å²) < 4.78 is 5.97. The molecule has 2 rings (SSSR count). The van der Waals surface area contributed by atoms with Crippen LogP contribution in [-0.2, 0) is 17.8 Å². The monoisotopic (exact) mass is 276 g/mol. The van der Waals surface area contributed by atoms with E-state index >= 15 is 0 Å². The molecule has 1 aliphatic heterocycles. The molecule has 0 bridgehead atoms. The summed E-state index contributed by atoms with van der Waals surface area (Å²) in [5.74, 6) is 0. The van der Waals surface area contributed by atoms with E-state index in [9.17, 15) is 0 Å². The summed E-state index contributed by atoms with van der Waals surface area (Å²) in [6.07, 6.45) is 0.309. The lowest BCUT2D eigenvalue weighted by atomic mass is 10.0. The van der Waals surface area contributed by atoms with Gasteiger partial charge in [0.1, 0.15) is 0 Å². The van der Waals surface area contributed by atoms with E-state index in [4.69, 9.17) is 4.74 Å². The first-order valence-corrected chi connectivity index (χ1v) is 7.67. The minimum absolute atomic E-state index is 0.0426. The molecule has 0 spiro atoms. The van der Waals surface area contributed by atoms with Gasteiger partial charge in [0.2, 0.25) is 0 Å². The lowest BCUT2D eigenvalue weighted by molar-refractivity contribution is -0.130. The van der Waals surface area contributed by atoms with Crippen molar-refractivity contribution >= 4 is 0 Å². The molecule has 1 aromatic rings.